The predicted octanol–water partition coefficient (Wildman–Crippen LogP) is 1.74. The number of nitrogens with zero attached hydrogens (tertiary/aromatic N) is 3. The molecule has 1 atom stereocenters. The van der Waals surface area contributed by atoms with E-state index in [1.165, 1.54) is 4.90 Å². The number of amides is 2. The lowest BCUT2D eigenvalue weighted by molar-refractivity contribution is 0.200. The summed E-state index contributed by atoms with van der Waals surface area (Å²) in [4.78, 5) is 22.5. The van der Waals surface area contributed by atoms with E-state index in [1.807, 2.05) is 25.1 Å². The normalized spacial score (nSPS) is 17.8. The van der Waals surface area contributed by atoms with Crippen LogP contribution in [0.25, 0.3) is 11.4 Å². The number of rotatable bonds is 3. The fourth-order valence-corrected chi connectivity index (χ4v) is 3.77. The second-order valence-electron chi connectivity index (χ2n) is 6.33. The molecule has 0 spiro atoms. The molecule has 2 heterocycles. The molecule has 138 valence electrons. The first-order chi connectivity index (χ1) is 12.3. The molecule has 0 saturated carbocycles. The van der Waals surface area contributed by atoms with Crippen LogP contribution in [0, 0.1) is 6.92 Å². The Balaban J connectivity index is 1.66. The predicted molar refractivity (Wildman–Crippen MR) is 98.9 cm³/mol. The molecule has 26 heavy (non-hydrogen) atoms. The Morgan fingerprint density at radius 3 is 2.65 bits per heavy atom. The lowest BCUT2D eigenvalue weighted by Crippen LogP contribution is -2.48. The van der Waals surface area contributed by atoms with E-state index in [-0.39, 0.29) is 12.6 Å². The number of likely N-dealkylation sites (tertiary alicyclic amines) is 1. The van der Waals surface area contributed by atoms with Crippen LogP contribution in [0.4, 0.5) is 10.5 Å². The number of aryl methyl sites for hydroxylation is 1. The zero-order valence-corrected chi connectivity index (χ0v) is 15.2. The summed E-state index contributed by atoms with van der Waals surface area (Å²) >= 11 is 0. The molecule has 1 fully saturated rings. The van der Waals surface area contributed by atoms with Crippen LogP contribution in [0.2, 0.25) is 0 Å². The summed E-state index contributed by atoms with van der Waals surface area (Å²) in [5.41, 5.74) is 2.34. The molecule has 8 nitrogen and oxygen atoms in total. The minimum absolute atomic E-state index is 0.111. The van der Waals surface area contributed by atoms with Gasteiger partial charge in [0.2, 0.25) is 10.0 Å². The molecule has 2 amide bonds. The monoisotopic (exact) mass is 375 g/mol. The maximum atomic E-state index is 12.4. The highest BCUT2D eigenvalue weighted by Crippen LogP contribution is 2.20. The van der Waals surface area contributed by atoms with E-state index in [1.54, 1.807) is 18.3 Å². The Bertz CT molecular complexity index is 899. The molecule has 9 heteroatoms. The summed E-state index contributed by atoms with van der Waals surface area (Å²) in [5, 5.41) is 7.29. The van der Waals surface area contributed by atoms with Crippen molar-refractivity contribution in [3.63, 3.8) is 0 Å². The van der Waals surface area contributed by atoms with Crippen molar-refractivity contribution in [1.29, 1.82) is 0 Å². The summed E-state index contributed by atoms with van der Waals surface area (Å²) < 4.78 is 23.0. The number of hydrogen-bond acceptors (Lipinski definition) is 5. The van der Waals surface area contributed by atoms with E-state index < -0.39 is 15.3 Å². The summed E-state index contributed by atoms with van der Waals surface area (Å²) in [6, 6.07) is 8.67. The summed E-state index contributed by atoms with van der Waals surface area (Å²) in [7, 11) is -3.64. The molecule has 0 unspecified atom stereocenters. The molecule has 1 aromatic carbocycles. The molecule has 1 saturated heterocycles. The number of primary sulfonamides is 1. The van der Waals surface area contributed by atoms with Crippen LogP contribution in [0.1, 0.15) is 18.5 Å². The number of sulfonamides is 1. The SMILES string of the molecule is Cc1ccnc(-c2ccc(NC(=O)N3CCC[C@@H](S(N)(=O)=O)C3)cc2)n1. The van der Waals surface area contributed by atoms with Gasteiger partial charge in [0.05, 0.1) is 5.25 Å². The Kier molecular flexibility index (Phi) is 5.19. The highest BCUT2D eigenvalue weighted by atomic mass is 32.2. The smallest absolute Gasteiger partial charge is 0.321 e. The van der Waals surface area contributed by atoms with E-state index in [9.17, 15) is 13.2 Å². The fourth-order valence-electron chi connectivity index (χ4n) is 2.88. The Morgan fingerprint density at radius 1 is 1.27 bits per heavy atom. The first-order valence-electron chi connectivity index (χ1n) is 8.30. The maximum absolute atomic E-state index is 12.4. The van der Waals surface area contributed by atoms with Gasteiger partial charge in [-0.05, 0) is 50.1 Å². The van der Waals surface area contributed by atoms with Gasteiger partial charge in [-0.25, -0.2) is 28.3 Å². The number of aromatic nitrogens is 2. The van der Waals surface area contributed by atoms with Crippen molar-refractivity contribution >= 4 is 21.7 Å². The molecule has 0 radical (unpaired) electrons. The van der Waals surface area contributed by atoms with Crippen LogP contribution >= 0.6 is 0 Å². The van der Waals surface area contributed by atoms with E-state index in [0.717, 1.165) is 11.3 Å². The average molecular weight is 375 g/mol. The number of nitrogens with one attached hydrogen (secondary N) is 1. The molecule has 3 N–H and O–H groups in total. The number of carbonyl (C=O) groups excluding carboxylic acids is 1. The number of piperidine rings is 1. The van der Waals surface area contributed by atoms with Crippen molar-refractivity contribution in [1.82, 2.24) is 14.9 Å². The third kappa shape index (κ3) is 4.36. The van der Waals surface area contributed by atoms with Crippen molar-refractivity contribution in [3.8, 4) is 11.4 Å². The third-order valence-electron chi connectivity index (χ3n) is 4.32. The number of urea groups is 1. The number of hydrogen-bond donors (Lipinski definition) is 2. The van der Waals surface area contributed by atoms with Crippen molar-refractivity contribution in [2.45, 2.75) is 25.0 Å². The van der Waals surface area contributed by atoms with Gasteiger partial charge >= 0.3 is 6.03 Å². The van der Waals surface area contributed by atoms with Gasteiger partial charge in [0.15, 0.2) is 5.82 Å². The van der Waals surface area contributed by atoms with Crippen molar-refractivity contribution < 1.29 is 13.2 Å². The van der Waals surface area contributed by atoms with Crippen molar-refractivity contribution in [2.24, 2.45) is 5.14 Å². The zero-order valence-electron chi connectivity index (χ0n) is 14.4. The largest absolute Gasteiger partial charge is 0.323 e. The number of benzene rings is 1. The number of nitrogens with two attached hydrogens (primary N) is 1. The zero-order chi connectivity index (χ0) is 18.7. The lowest BCUT2D eigenvalue weighted by atomic mass is 10.1. The Morgan fingerprint density at radius 2 is 2.00 bits per heavy atom. The van der Waals surface area contributed by atoms with Crippen LogP contribution in [0.15, 0.2) is 36.5 Å². The van der Waals surface area contributed by atoms with Crippen LogP contribution in [-0.4, -0.2) is 47.7 Å². The summed E-state index contributed by atoms with van der Waals surface area (Å²) in [6.07, 6.45) is 2.79. The molecular formula is C17H21N5O3S. The van der Waals surface area contributed by atoms with Crippen LogP contribution in [0.3, 0.4) is 0 Å². The number of anilines is 1. The first kappa shape index (κ1) is 18.3. The Hall–Kier alpha value is -2.52. The molecular weight excluding hydrogens is 354 g/mol. The molecule has 2 aromatic rings. The van der Waals surface area contributed by atoms with Crippen molar-refractivity contribution in [3.05, 3.63) is 42.2 Å². The Labute approximate surface area is 152 Å². The molecule has 1 aliphatic heterocycles. The second kappa shape index (κ2) is 7.38. The van der Waals surface area contributed by atoms with Crippen LogP contribution in [0.5, 0.6) is 0 Å². The van der Waals surface area contributed by atoms with E-state index >= 15 is 0 Å². The topological polar surface area (TPSA) is 118 Å². The highest BCUT2D eigenvalue weighted by molar-refractivity contribution is 7.89. The molecule has 3 rings (SSSR count). The van der Waals surface area contributed by atoms with Gasteiger partial charge in [-0.1, -0.05) is 0 Å². The van der Waals surface area contributed by atoms with Crippen LogP contribution < -0.4 is 10.5 Å². The average Bonchev–Trinajstić information content (AvgIpc) is 2.62. The maximum Gasteiger partial charge on any atom is 0.321 e. The van der Waals surface area contributed by atoms with Gasteiger partial charge < -0.3 is 10.2 Å². The van der Waals surface area contributed by atoms with Gasteiger partial charge in [0.25, 0.3) is 0 Å². The fraction of sp³-hybridized carbons (Fsp3) is 0.353. The summed E-state index contributed by atoms with van der Waals surface area (Å²) in [5.74, 6) is 0.620. The van der Waals surface area contributed by atoms with E-state index in [4.69, 9.17) is 5.14 Å². The standard InChI is InChI=1S/C17H21N5O3S/c1-12-8-9-19-16(20-12)13-4-6-14(7-5-13)21-17(23)22-10-2-3-15(11-22)26(18,24)25/h4-9,15H,2-3,10-11H2,1H3,(H,21,23)(H2,18,24,25)/t15-/m1/s1. The van der Waals surface area contributed by atoms with E-state index in [2.05, 4.69) is 15.3 Å². The van der Waals surface area contributed by atoms with Crippen molar-refractivity contribution in [2.75, 3.05) is 18.4 Å². The van der Waals surface area contributed by atoms with Gasteiger partial charge in [-0.15, -0.1) is 0 Å². The molecule has 0 aliphatic carbocycles. The molecule has 1 aromatic heterocycles. The number of carbonyl (C=O) groups is 1. The van der Waals surface area contributed by atoms with Gasteiger partial charge in [-0.3, -0.25) is 0 Å². The molecule has 1 aliphatic rings. The molecule has 0 bridgehead atoms. The minimum atomic E-state index is -3.64. The lowest BCUT2D eigenvalue weighted by Gasteiger charge is -2.31. The highest BCUT2D eigenvalue weighted by Gasteiger charge is 2.30. The van der Waals surface area contributed by atoms with E-state index in [0.29, 0.717) is 30.9 Å². The van der Waals surface area contributed by atoms with Gasteiger partial charge in [-0.2, -0.15) is 0 Å². The first-order valence-corrected chi connectivity index (χ1v) is 9.91. The van der Waals surface area contributed by atoms with Gasteiger partial charge in [0, 0.05) is 36.2 Å². The van der Waals surface area contributed by atoms with Crippen LogP contribution in [-0.2, 0) is 10.0 Å². The third-order valence-corrected chi connectivity index (χ3v) is 5.63. The van der Waals surface area contributed by atoms with Gasteiger partial charge in [0.1, 0.15) is 0 Å². The summed E-state index contributed by atoms with van der Waals surface area (Å²) in [6.45, 7) is 2.51. The second-order valence-corrected chi connectivity index (χ2v) is 8.17. The quantitative estimate of drug-likeness (QED) is 0.847. The minimum Gasteiger partial charge on any atom is -0.323 e.